The average Bonchev–Trinajstić information content (AvgIpc) is 2.89. The summed E-state index contributed by atoms with van der Waals surface area (Å²) in [5.41, 5.74) is -1.39. The van der Waals surface area contributed by atoms with Crippen molar-refractivity contribution in [3.63, 3.8) is 0 Å². The molecule has 2 aromatic carbocycles. The molecule has 126 valence electrons. The highest BCUT2D eigenvalue weighted by Crippen LogP contribution is 2.52. The lowest BCUT2D eigenvalue weighted by molar-refractivity contribution is -0.193. The van der Waals surface area contributed by atoms with E-state index in [1.165, 1.54) is 0 Å². The summed E-state index contributed by atoms with van der Waals surface area (Å²) >= 11 is 0. The molecular formula is C20H22O4. The van der Waals surface area contributed by atoms with Crippen LogP contribution in [-0.2, 0) is 19.9 Å². The lowest BCUT2D eigenvalue weighted by Crippen LogP contribution is -2.53. The molecule has 0 saturated carbocycles. The molecule has 1 aliphatic heterocycles. The van der Waals surface area contributed by atoms with Gasteiger partial charge in [-0.1, -0.05) is 60.7 Å². The second kappa shape index (κ2) is 6.38. The fourth-order valence-corrected chi connectivity index (χ4v) is 3.41. The molecule has 4 nitrogen and oxygen atoms in total. The zero-order valence-corrected chi connectivity index (χ0v) is 13.9. The van der Waals surface area contributed by atoms with Gasteiger partial charge in [0.05, 0.1) is 12.7 Å². The Labute approximate surface area is 142 Å². The minimum absolute atomic E-state index is 0.225. The van der Waals surface area contributed by atoms with Gasteiger partial charge in [0.25, 0.3) is 0 Å². The van der Waals surface area contributed by atoms with Gasteiger partial charge in [-0.25, -0.2) is 4.79 Å². The summed E-state index contributed by atoms with van der Waals surface area (Å²) in [6.45, 7) is 3.61. The van der Waals surface area contributed by atoms with Crippen molar-refractivity contribution < 1.29 is 19.4 Å². The quantitative estimate of drug-likeness (QED) is 0.875. The molecular weight excluding hydrogens is 304 g/mol. The van der Waals surface area contributed by atoms with E-state index in [1.807, 2.05) is 48.5 Å². The predicted octanol–water partition coefficient (Wildman–Crippen LogP) is 3.36. The number of ether oxygens (including phenoxy) is 2. The molecule has 0 radical (unpaired) electrons. The Hall–Kier alpha value is -2.17. The summed E-state index contributed by atoms with van der Waals surface area (Å²) in [6, 6.07) is 18.7. The molecule has 0 bridgehead atoms. The van der Waals surface area contributed by atoms with Crippen molar-refractivity contribution in [1.29, 1.82) is 0 Å². The van der Waals surface area contributed by atoms with E-state index in [0.29, 0.717) is 12.0 Å². The Kier molecular flexibility index (Phi) is 4.43. The zero-order valence-electron chi connectivity index (χ0n) is 13.9. The summed E-state index contributed by atoms with van der Waals surface area (Å²) in [5.74, 6) is -0.556. The smallest absolute Gasteiger partial charge is 0.346 e. The van der Waals surface area contributed by atoms with Crippen LogP contribution in [0.15, 0.2) is 60.7 Å². The van der Waals surface area contributed by atoms with Crippen LogP contribution in [0.3, 0.4) is 0 Å². The summed E-state index contributed by atoms with van der Waals surface area (Å²) in [7, 11) is 0. The molecule has 0 aromatic heterocycles. The first kappa shape index (κ1) is 16.7. The molecule has 1 saturated heterocycles. The number of hydrogen-bond acceptors (Lipinski definition) is 4. The summed E-state index contributed by atoms with van der Waals surface area (Å²) in [4.78, 5) is 12.9. The van der Waals surface area contributed by atoms with E-state index in [9.17, 15) is 9.90 Å². The number of rotatable bonds is 4. The van der Waals surface area contributed by atoms with Crippen molar-refractivity contribution in [2.75, 3.05) is 6.61 Å². The average molecular weight is 326 g/mol. The highest BCUT2D eigenvalue weighted by molar-refractivity contribution is 5.83. The Morgan fingerprint density at radius 2 is 1.75 bits per heavy atom. The van der Waals surface area contributed by atoms with Crippen LogP contribution < -0.4 is 0 Å². The van der Waals surface area contributed by atoms with Gasteiger partial charge in [-0.3, -0.25) is 0 Å². The van der Waals surface area contributed by atoms with Gasteiger partial charge in [-0.05, 0) is 25.0 Å². The number of hydrogen-bond donors (Lipinski definition) is 1. The van der Waals surface area contributed by atoms with Gasteiger partial charge in [0.2, 0.25) is 5.60 Å². The Morgan fingerprint density at radius 3 is 2.33 bits per heavy atom. The summed E-state index contributed by atoms with van der Waals surface area (Å²) < 4.78 is 11.5. The van der Waals surface area contributed by atoms with Gasteiger partial charge < -0.3 is 14.6 Å². The van der Waals surface area contributed by atoms with E-state index >= 15 is 0 Å². The topological polar surface area (TPSA) is 55.8 Å². The first-order valence-corrected chi connectivity index (χ1v) is 8.19. The number of benzene rings is 2. The predicted molar refractivity (Wildman–Crippen MR) is 90.3 cm³/mol. The van der Waals surface area contributed by atoms with Crippen molar-refractivity contribution in [2.45, 2.75) is 37.6 Å². The van der Waals surface area contributed by atoms with Crippen LogP contribution in [0.1, 0.15) is 37.5 Å². The van der Waals surface area contributed by atoms with Gasteiger partial charge in [0, 0.05) is 6.42 Å². The Bertz CT molecular complexity index is 696. The van der Waals surface area contributed by atoms with Crippen LogP contribution >= 0.6 is 0 Å². The Morgan fingerprint density at radius 1 is 1.17 bits per heavy atom. The van der Waals surface area contributed by atoms with Crippen LogP contribution in [0.2, 0.25) is 0 Å². The third kappa shape index (κ3) is 2.62. The minimum atomic E-state index is -1.54. The highest BCUT2D eigenvalue weighted by Gasteiger charge is 2.63. The molecule has 0 spiro atoms. The van der Waals surface area contributed by atoms with E-state index in [0.717, 1.165) is 5.56 Å². The molecule has 24 heavy (non-hydrogen) atoms. The third-order valence-corrected chi connectivity index (χ3v) is 4.57. The van der Waals surface area contributed by atoms with E-state index < -0.39 is 17.2 Å². The first-order chi connectivity index (χ1) is 11.5. The highest BCUT2D eigenvalue weighted by atomic mass is 16.6. The number of esters is 1. The molecule has 1 heterocycles. The normalized spacial score (nSPS) is 29.4. The largest absolute Gasteiger partial charge is 0.464 e. The van der Waals surface area contributed by atoms with Gasteiger partial charge in [-0.15, -0.1) is 0 Å². The van der Waals surface area contributed by atoms with Crippen LogP contribution in [0.25, 0.3) is 0 Å². The molecule has 0 aliphatic carbocycles. The standard InChI is InChI=1S/C20H22O4/c1-3-23-18(21)20(16-12-8-5-9-13-16)19(2,22)14-17(24-20)15-10-6-4-7-11-15/h4-13,17,22H,3,14H2,1-2H3/t17-,19+,20+/m1/s1. The molecule has 0 amide bonds. The van der Waals surface area contributed by atoms with Crippen molar-refractivity contribution >= 4 is 5.97 Å². The van der Waals surface area contributed by atoms with E-state index in [4.69, 9.17) is 9.47 Å². The summed E-state index contributed by atoms with van der Waals surface area (Å²) in [5, 5.41) is 11.2. The molecule has 1 aliphatic rings. The van der Waals surface area contributed by atoms with E-state index in [-0.39, 0.29) is 12.7 Å². The minimum Gasteiger partial charge on any atom is -0.464 e. The van der Waals surface area contributed by atoms with E-state index in [2.05, 4.69) is 0 Å². The van der Waals surface area contributed by atoms with Gasteiger partial charge in [0.1, 0.15) is 5.60 Å². The Balaban J connectivity index is 2.09. The molecule has 1 N–H and O–H groups in total. The molecule has 4 heteroatoms. The van der Waals surface area contributed by atoms with Crippen molar-refractivity contribution in [1.82, 2.24) is 0 Å². The maximum absolute atomic E-state index is 12.9. The van der Waals surface area contributed by atoms with Gasteiger partial charge in [-0.2, -0.15) is 0 Å². The lowest BCUT2D eigenvalue weighted by atomic mass is 9.78. The zero-order chi connectivity index (χ0) is 17.2. The van der Waals surface area contributed by atoms with Crippen molar-refractivity contribution in [2.24, 2.45) is 0 Å². The maximum atomic E-state index is 12.9. The van der Waals surface area contributed by atoms with Crippen molar-refractivity contribution in [3.8, 4) is 0 Å². The number of aliphatic hydroxyl groups is 1. The van der Waals surface area contributed by atoms with Crippen LogP contribution in [-0.4, -0.2) is 23.3 Å². The van der Waals surface area contributed by atoms with E-state index in [1.54, 1.807) is 26.0 Å². The van der Waals surface area contributed by atoms with Gasteiger partial charge in [0.15, 0.2) is 0 Å². The van der Waals surface area contributed by atoms with Crippen LogP contribution in [0.5, 0.6) is 0 Å². The second-order valence-electron chi connectivity index (χ2n) is 6.26. The molecule has 1 fully saturated rings. The fraction of sp³-hybridized carbons (Fsp3) is 0.350. The second-order valence-corrected chi connectivity index (χ2v) is 6.26. The van der Waals surface area contributed by atoms with Crippen molar-refractivity contribution in [3.05, 3.63) is 71.8 Å². The monoisotopic (exact) mass is 326 g/mol. The van der Waals surface area contributed by atoms with Crippen LogP contribution in [0, 0.1) is 0 Å². The SMILES string of the molecule is CCOC(=O)[C@]1(c2ccccc2)O[C@@H](c2ccccc2)C[C@]1(C)O. The number of carbonyl (C=O) groups excluding carboxylic acids is 1. The van der Waals surface area contributed by atoms with Gasteiger partial charge >= 0.3 is 5.97 Å². The lowest BCUT2D eigenvalue weighted by Gasteiger charge is -2.36. The van der Waals surface area contributed by atoms with Crippen LogP contribution in [0.4, 0.5) is 0 Å². The fourth-order valence-electron chi connectivity index (χ4n) is 3.41. The third-order valence-electron chi connectivity index (χ3n) is 4.57. The molecule has 3 atom stereocenters. The number of carbonyl (C=O) groups is 1. The first-order valence-electron chi connectivity index (χ1n) is 8.19. The summed E-state index contributed by atoms with van der Waals surface area (Å²) in [6.07, 6.45) is -0.0733. The molecule has 3 rings (SSSR count). The maximum Gasteiger partial charge on any atom is 0.346 e. The molecule has 2 aromatic rings. The molecule has 0 unspecified atom stereocenters.